The minimum absolute atomic E-state index is 0.631. The molecule has 14 heavy (non-hydrogen) atoms. The monoisotopic (exact) mass is 190 g/mol. The minimum atomic E-state index is 0.631. The van der Waals surface area contributed by atoms with Crippen molar-refractivity contribution in [3.63, 3.8) is 0 Å². The van der Waals surface area contributed by atoms with E-state index in [1.165, 1.54) is 17.5 Å². The molecule has 0 saturated heterocycles. The molecule has 0 spiro atoms. The molecule has 76 valence electrons. The Labute approximate surface area is 85.5 Å². The van der Waals surface area contributed by atoms with Crippen LogP contribution in [0.1, 0.15) is 24.5 Å². The third-order valence-electron chi connectivity index (χ3n) is 2.85. The molecule has 0 aliphatic heterocycles. The van der Waals surface area contributed by atoms with E-state index in [4.69, 9.17) is 5.73 Å². The Morgan fingerprint density at radius 2 is 2.14 bits per heavy atom. The molecular weight excluding hydrogens is 172 g/mol. The quantitative estimate of drug-likeness (QED) is 0.712. The van der Waals surface area contributed by atoms with Crippen LogP contribution in [0.5, 0.6) is 0 Å². The Bertz CT molecular complexity index is 320. The van der Waals surface area contributed by atoms with Gasteiger partial charge >= 0.3 is 0 Å². The topological polar surface area (TPSA) is 38.0 Å². The fourth-order valence-electron chi connectivity index (χ4n) is 2.13. The van der Waals surface area contributed by atoms with Gasteiger partial charge in [-0.25, -0.2) is 0 Å². The summed E-state index contributed by atoms with van der Waals surface area (Å²) in [4.78, 5) is 0. The lowest BCUT2D eigenvalue weighted by Gasteiger charge is -2.09. The van der Waals surface area contributed by atoms with Gasteiger partial charge in [0.05, 0.1) is 0 Å². The summed E-state index contributed by atoms with van der Waals surface area (Å²) < 4.78 is 0. The third kappa shape index (κ3) is 1.90. The molecule has 1 atom stereocenters. The van der Waals surface area contributed by atoms with Crippen LogP contribution >= 0.6 is 0 Å². The van der Waals surface area contributed by atoms with E-state index in [1.54, 1.807) is 0 Å². The van der Waals surface area contributed by atoms with Gasteiger partial charge in [-0.05, 0) is 49.1 Å². The molecule has 0 amide bonds. The van der Waals surface area contributed by atoms with E-state index in [2.05, 4.69) is 24.4 Å². The lowest BCUT2D eigenvalue weighted by Crippen LogP contribution is -2.29. The van der Waals surface area contributed by atoms with Gasteiger partial charge < -0.3 is 11.1 Å². The number of anilines is 1. The second-order valence-electron chi connectivity index (χ2n) is 4.09. The van der Waals surface area contributed by atoms with Gasteiger partial charge in [0.15, 0.2) is 0 Å². The van der Waals surface area contributed by atoms with Crippen molar-refractivity contribution in [1.82, 2.24) is 5.32 Å². The van der Waals surface area contributed by atoms with Crippen LogP contribution in [-0.4, -0.2) is 12.6 Å². The van der Waals surface area contributed by atoms with Gasteiger partial charge in [0.2, 0.25) is 0 Å². The number of nitrogen functional groups attached to an aromatic ring is 1. The molecule has 0 heterocycles. The number of fused-ring (bicyclic) bond motifs is 1. The van der Waals surface area contributed by atoms with Crippen LogP contribution in [0.15, 0.2) is 18.2 Å². The summed E-state index contributed by atoms with van der Waals surface area (Å²) in [5.41, 5.74) is 9.54. The Kier molecular flexibility index (Phi) is 2.73. The number of nitrogens with two attached hydrogens (primary N) is 1. The zero-order valence-corrected chi connectivity index (χ0v) is 8.72. The van der Waals surface area contributed by atoms with Crippen LogP contribution in [0.2, 0.25) is 0 Å². The molecule has 2 heteroatoms. The molecule has 2 rings (SSSR count). The maximum atomic E-state index is 5.76. The first kappa shape index (κ1) is 9.53. The van der Waals surface area contributed by atoms with E-state index >= 15 is 0 Å². The maximum absolute atomic E-state index is 5.76. The van der Waals surface area contributed by atoms with Crippen LogP contribution in [0.25, 0.3) is 0 Å². The molecular formula is C12H18N2. The summed E-state index contributed by atoms with van der Waals surface area (Å²) in [6.45, 7) is 3.32. The van der Waals surface area contributed by atoms with E-state index in [9.17, 15) is 0 Å². The number of benzene rings is 1. The van der Waals surface area contributed by atoms with E-state index in [0.29, 0.717) is 6.04 Å². The summed E-state index contributed by atoms with van der Waals surface area (Å²) in [5, 5.41) is 3.56. The van der Waals surface area contributed by atoms with Crippen molar-refractivity contribution < 1.29 is 0 Å². The van der Waals surface area contributed by atoms with E-state index in [1.807, 2.05) is 6.07 Å². The SMILES string of the molecule is CCCNC1Cc2ccc(N)cc2C1. The second kappa shape index (κ2) is 4.01. The lowest BCUT2D eigenvalue weighted by atomic mass is 10.1. The molecule has 1 aromatic carbocycles. The first-order valence-corrected chi connectivity index (χ1v) is 5.40. The van der Waals surface area contributed by atoms with Crippen molar-refractivity contribution in [2.45, 2.75) is 32.2 Å². The first-order valence-electron chi connectivity index (χ1n) is 5.40. The van der Waals surface area contributed by atoms with Crippen LogP contribution in [0.4, 0.5) is 5.69 Å². The average molecular weight is 190 g/mol. The van der Waals surface area contributed by atoms with Gasteiger partial charge in [-0.15, -0.1) is 0 Å². The Morgan fingerprint density at radius 1 is 1.36 bits per heavy atom. The number of rotatable bonds is 3. The lowest BCUT2D eigenvalue weighted by molar-refractivity contribution is 0.532. The van der Waals surface area contributed by atoms with E-state index in [0.717, 1.165) is 25.1 Å². The van der Waals surface area contributed by atoms with Crippen LogP contribution < -0.4 is 11.1 Å². The number of nitrogens with one attached hydrogen (secondary N) is 1. The number of hydrogen-bond donors (Lipinski definition) is 2. The Balaban J connectivity index is 2.03. The van der Waals surface area contributed by atoms with Gasteiger partial charge in [-0.2, -0.15) is 0 Å². The van der Waals surface area contributed by atoms with Gasteiger partial charge in [0.1, 0.15) is 0 Å². The maximum Gasteiger partial charge on any atom is 0.0316 e. The molecule has 0 radical (unpaired) electrons. The minimum Gasteiger partial charge on any atom is -0.399 e. The summed E-state index contributed by atoms with van der Waals surface area (Å²) in [6, 6.07) is 6.91. The normalized spacial score (nSPS) is 19.6. The van der Waals surface area contributed by atoms with Crippen molar-refractivity contribution >= 4 is 5.69 Å². The van der Waals surface area contributed by atoms with Gasteiger partial charge in [0.25, 0.3) is 0 Å². The summed E-state index contributed by atoms with van der Waals surface area (Å²) in [5.74, 6) is 0. The van der Waals surface area contributed by atoms with Crippen LogP contribution in [0, 0.1) is 0 Å². The zero-order chi connectivity index (χ0) is 9.97. The molecule has 1 aromatic rings. The highest BCUT2D eigenvalue weighted by atomic mass is 14.9. The van der Waals surface area contributed by atoms with Gasteiger partial charge in [0, 0.05) is 11.7 Å². The number of hydrogen-bond acceptors (Lipinski definition) is 2. The van der Waals surface area contributed by atoms with Crippen molar-refractivity contribution in [1.29, 1.82) is 0 Å². The molecule has 0 aromatic heterocycles. The van der Waals surface area contributed by atoms with Gasteiger partial charge in [-0.3, -0.25) is 0 Å². The molecule has 1 aliphatic carbocycles. The van der Waals surface area contributed by atoms with E-state index < -0.39 is 0 Å². The third-order valence-corrected chi connectivity index (χ3v) is 2.85. The van der Waals surface area contributed by atoms with Crippen LogP contribution in [0.3, 0.4) is 0 Å². The van der Waals surface area contributed by atoms with Crippen LogP contribution in [-0.2, 0) is 12.8 Å². The molecule has 2 nitrogen and oxygen atoms in total. The highest BCUT2D eigenvalue weighted by molar-refractivity contribution is 5.47. The zero-order valence-electron chi connectivity index (χ0n) is 8.72. The average Bonchev–Trinajstić information content (AvgIpc) is 2.56. The summed E-state index contributed by atoms with van der Waals surface area (Å²) in [7, 11) is 0. The standard InChI is InChI=1S/C12H18N2/c1-2-5-14-12-7-9-3-4-11(13)6-10(9)8-12/h3-4,6,12,14H,2,5,7-8,13H2,1H3. The second-order valence-corrected chi connectivity index (χ2v) is 4.09. The first-order chi connectivity index (χ1) is 6.79. The molecule has 0 bridgehead atoms. The highest BCUT2D eigenvalue weighted by Gasteiger charge is 2.20. The van der Waals surface area contributed by atoms with Crippen molar-refractivity contribution in [3.8, 4) is 0 Å². The highest BCUT2D eigenvalue weighted by Crippen LogP contribution is 2.24. The fraction of sp³-hybridized carbons (Fsp3) is 0.500. The molecule has 0 saturated carbocycles. The smallest absolute Gasteiger partial charge is 0.0316 e. The van der Waals surface area contributed by atoms with Crippen molar-refractivity contribution in [3.05, 3.63) is 29.3 Å². The predicted molar refractivity (Wildman–Crippen MR) is 60.3 cm³/mol. The molecule has 1 aliphatic rings. The Morgan fingerprint density at radius 3 is 2.93 bits per heavy atom. The summed E-state index contributed by atoms with van der Waals surface area (Å²) >= 11 is 0. The van der Waals surface area contributed by atoms with E-state index in [-0.39, 0.29) is 0 Å². The molecule has 3 N–H and O–H groups in total. The molecule has 1 unspecified atom stereocenters. The summed E-state index contributed by atoms with van der Waals surface area (Å²) in [6.07, 6.45) is 3.50. The predicted octanol–water partition coefficient (Wildman–Crippen LogP) is 1.74. The van der Waals surface area contributed by atoms with Crippen molar-refractivity contribution in [2.75, 3.05) is 12.3 Å². The van der Waals surface area contributed by atoms with Gasteiger partial charge in [-0.1, -0.05) is 13.0 Å². The largest absolute Gasteiger partial charge is 0.399 e. The molecule has 0 fully saturated rings. The Hall–Kier alpha value is -1.02. The van der Waals surface area contributed by atoms with Crippen molar-refractivity contribution in [2.24, 2.45) is 0 Å². The fourth-order valence-corrected chi connectivity index (χ4v) is 2.13.